The van der Waals surface area contributed by atoms with Gasteiger partial charge >= 0.3 is 0 Å². The van der Waals surface area contributed by atoms with E-state index in [9.17, 15) is 4.79 Å². The van der Waals surface area contributed by atoms with Gasteiger partial charge in [0.05, 0.1) is 11.2 Å². The van der Waals surface area contributed by atoms with E-state index in [1.807, 2.05) is 12.1 Å². The summed E-state index contributed by atoms with van der Waals surface area (Å²) in [6.45, 7) is 6.38. The van der Waals surface area contributed by atoms with Gasteiger partial charge in [0.2, 0.25) is 0 Å². The molecule has 0 aliphatic heterocycles. The van der Waals surface area contributed by atoms with Crippen molar-refractivity contribution in [2.45, 2.75) is 26.2 Å². The van der Waals surface area contributed by atoms with Crippen LogP contribution in [0.4, 0.5) is 0 Å². The first-order valence-electron chi connectivity index (χ1n) is 8.73. The minimum absolute atomic E-state index is 0.0377. The van der Waals surface area contributed by atoms with E-state index in [0.717, 1.165) is 5.56 Å². The van der Waals surface area contributed by atoms with Gasteiger partial charge in [-0.25, -0.2) is 5.43 Å². The van der Waals surface area contributed by atoms with Crippen LogP contribution >= 0.6 is 23.2 Å². The lowest BCUT2D eigenvalue weighted by atomic mass is 9.87. The third kappa shape index (κ3) is 4.83. The van der Waals surface area contributed by atoms with Crippen LogP contribution in [-0.2, 0) is 5.41 Å². The number of hydrazone groups is 1. The molecule has 0 saturated heterocycles. The minimum Gasteiger partial charge on any atom is -0.455 e. The van der Waals surface area contributed by atoms with Gasteiger partial charge in [0.15, 0.2) is 0 Å². The number of furan rings is 1. The maximum Gasteiger partial charge on any atom is 0.271 e. The van der Waals surface area contributed by atoms with Crippen LogP contribution in [0.5, 0.6) is 0 Å². The Kier molecular flexibility index (Phi) is 5.92. The molecule has 1 aromatic heterocycles. The molecular weight excluding hydrogens is 395 g/mol. The highest BCUT2D eigenvalue weighted by atomic mass is 35.5. The van der Waals surface area contributed by atoms with E-state index in [1.54, 1.807) is 42.5 Å². The molecule has 1 amide bonds. The second-order valence-electron chi connectivity index (χ2n) is 7.35. The Morgan fingerprint density at radius 1 is 1.04 bits per heavy atom. The van der Waals surface area contributed by atoms with Crippen molar-refractivity contribution in [3.63, 3.8) is 0 Å². The fraction of sp³-hybridized carbons (Fsp3) is 0.182. The summed E-state index contributed by atoms with van der Waals surface area (Å²) in [5, 5.41) is 5.06. The third-order valence-corrected chi connectivity index (χ3v) is 4.76. The zero-order valence-corrected chi connectivity index (χ0v) is 17.3. The lowest BCUT2D eigenvalue weighted by Gasteiger charge is -2.18. The van der Waals surface area contributed by atoms with Gasteiger partial charge in [-0.2, -0.15) is 5.10 Å². The van der Waals surface area contributed by atoms with Crippen LogP contribution in [0.3, 0.4) is 0 Å². The molecule has 144 valence electrons. The maximum absolute atomic E-state index is 12.2. The molecule has 4 nitrogen and oxygen atoms in total. The van der Waals surface area contributed by atoms with Crippen molar-refractivity contribution in [2.24, 2.45) is 5.10 Å². The second-order valence-corrected chi connectivity index (χ2v) is 8.20. The van der Waals surface area contributed by atoms with E-state index in [2.05, 4.69) is 31.3 Å². The fourth-order valence-corrected chi connectivity index (χ4v) is 2.98. The summed E-state index contributed by atoms with van der Waals surface area (Å²) in [5.74, 6) is 0.758. The Bertz CT molecular complexity index is 1020. The number of nitrogens with one attached hydrogen (secondary N) is 1. The number of carbonyl (C=O) groups excluding carboxylic acids is 1. The van der Waals surface area contributed by atoms with Crippen molar-refractivity contribution in [1.82, 2.24) is 5.43 Å². The lowest BCUT2D eigenvalue weighted by molar-refractivity contribution is 0.0955. The molecule has 0 saturated carbocycles. The standard InChI is InChI=1S/C22H20Cl2N2O2/c1-22(2,3)15-6-4-14(5-7-15)21(27)26-25-13-17-9-11-20(28-17)18-12-16(23)8-10-19(18)24/h4-13H,1-3H3,(H,26,27)/b25-13-. The molecular formula is C22H20Cl2N2O2. The zero-order chi connectivity index (χ0) is 20.3. The Morgan fingerprint density at radius 3 is 2.43 bits per heavy atom. The Hall–Kier alpha value is -2.56. The third-order valence-electron chi connectivity index (χ3n) is 4.19. The molecule has 0 aliphatic carbocycles. The summed E-state index contributed by atoms with van der Waals surface area (Å²) in [5.41, 5.74) is 4.93. The van der Waals surface area contributed by atoms with Crippen molar-refractivity contribution >= 4 is 35.3 Å². The predicted molar refractivity (Wildman–Crippen MR) is 114 cm³/mol. The van der Waals surface area contributed by atoms with Gasteiger partial charge < -0.3 is 4.42 Å². The van der Waals surface area contributed by atoms with Crippen LogP contribution < -0.4 is 5.43 Å². The zero-order valence-electron chi connectivity index (χ0n) is 15.8. The molecule has 28 heavy (non-hydrogen) atoms. The van der Waals surface area contributed by atoms with Crippen molar-refractivity contribution in [2.75, 3.05) is 0 Å². The number of halogens is 2. The highest BCUT2D eigenvalue weighted by molar-refractivity contribution is 6.35. The Labute approximate surface area is 174 Å². The van der Waals surface area contributed by atoms with Crippen molar-refractivity contribution in [1.29, 1.82) is 0 Å². The number of hydrogen-bond acceptors (Lipinski definition) is 3. The van der Waals surface area contributed by atoms with Crippen LogP contribution in [0, 0.1) is 0 Å². The fourth-order valence-electron chi connectivity index (χ4n) is 2.59. The molecule has 0 fully saturated rings. The molecule has 0 radical (unpaired) electrons. The minimum atomic E-state index is -0.290. The van der Waals surface area contributed by atoms with Gasteiger partial charge in [0.1, 0.15) is 11.5 Å². The van der Waals surface area contributed by atoms with Crippen LogP contribution in [0.25, 0.3) is 11.3 Å². The number of amides is 1. The van der Waals surface area contributed by atoms with Crippen LogP contribution in [-0.4, -0.2) is 12.1 Å². The van der Waals surface area contributed by atoms with Crippen LogP contribution in [0.2, 0.25) is 10.0 Å². The summed E-state index contributed by atoms with van der Waals surface area (Å²) in [6, 6.07) is 16.1. The van der Waals surface area contributed by atoms with E-state index < -0.39 is 0 Å². The number of hydrogen-bond donors (Lipinski definition) is 1. The van der Waals surface area contributed by atoms with Crippen LogP contribution in [0.1, 0.15) is 42.5 Å². The van der Waals surface area contributed by atoms with E-state index in [4.69, 9.17) is 27.6 Å². The summed E-state index contributed by atoms with van der Waals surface area (Å²) in [4.78, 5) is 12.2. The van der Waals surface area contributed by atoms with Gasteiger partial charge in [-0.05, 0) is 53.4 Å². The molecule has 0 bridgehead atoms. The molecule has 3 aromatic rings. The maximum atomic E-state index is 12.2. The molecule has 0 spiro atoms. The number of carbonyl (C=O) groups is 1. The Morgan fingerprint density at radius 2 is 1.75 bits per heavy atom. The molecule has 2 aromatic carbocycles. The Balaban J connectivity index is 1.66. The predicted octanol–water partition coefficient (Wildman–Crippen LogP) is 6.31. The first-order valence-corrected chi connectivity index (χ1v) is 9.49. The van der Waals surface area contributed by atoms with Gasteiger partial charge in [-0.1, -0.05) is 56.1 Å². The number of nitrogens with zero attached hydrogens (tertiary/aromatic N) is 1. The molecule has 1 N–H and O–H groups in total. The summed E-state index contributed by atoms with van der Waals surface area (Å²) < 4.78 is 5.70. The summed E-state index contributed by atoms with van der Waals surface area (Å²) in [7, 11) is 0. The summed E-state index contributed by atoms with van der Waals surface area (Å²) >= 11 is 12.2. The number of benzene rings is 2. The van der Waals surface area contributed by atoms with E-state index in [-0.39, 0.29) is 11.3 Å². The van der Waals surface area contributed by atoms with E-state index in [1.165, 1.54) is 6.21 Å². The average Bonchev–Trinajstić information content (AvgIpc) is 3.11. The first kappa shape index (κ1) is 20.2. The second kappa shape index (κ2) is 8.21. The van der Waals surface area contributed by atoms with Gasteiger partial charge in [0, 0.05) is 16.1 Å². The van der Waals surface area contributed by atoms with Crippen molar-refractivity contribution in [3.05, 3.63) is 81.5 Å². The monoisotopic (exact) mass is 414 g/mol. The average molecular weight is 415 g/mol. The summed E-state index contributed by atoms with van der Waals surface area (Å²) in [6.07, 6.45) is 1.43. The van der Waals surface area contributed by atoms with Crippen LogP contribution in [0.15, 0.2) is 64.1 Å². The molecule has 3 rings (SSSR count). The highest BCUT2D eigenvalue weighted by Gasteiger charge is 2.14. The topological polar surface area (TPSA) is 54.6 Å². The first-order chi connectivity index (χ1) is 13.2. The molecule has 6 heteroatoms. The largest absolute Gasteiger partial charge is 0.455 e. The normalized spacial score (nSPS) is 11.8. The van der Waals surface area contributed by atoms with Gasteiger partial charge in [-0.15, -0.1) is 0 Å². The van der Waals surface area contributed by atoms with E-state index in [0.29, 0.717) is 32.7 Å². The highest BCUT2D eigenvalue weighted by Crippen LogP contribution is 2.31. The van der Waals surface area contributed by atoms with Crippen molar-refractivity contribution < 1.29 is 9.21 Å². The van der Waals surface area contributed by atoms with Gasteiger partial charge in [0.25, 0.3) is 5.91 Å². The number of rotatable bonds is 4. The molecule has 0 atom stereocenters. The molecule has 1 heterocycles. The molecule has 0 aliphatic rings. The lowest BCUT2D eigenvalue weighted by Crippen LogP contribution is -2.18. The van der Waals surface area contributed by atoms with E-state index >= 15 is 0 Å². The van der Waals surface area contributed by atoms with Gasteiger partial charge in [-0.3, -0.25) is 4.79 Å². The quantitative estimate of drug-likeness (QED) is 0.401. The SMILES string of the molecule is CC(C)(C)c1ccc(C(=O)N/N=C\c2ccc(-c3cc(Cl)ccc3Cl)o2)cc1. The molecule has 0 unspecified atom stereocenters. The smallest absolute Gasteiger partial charge is 0.271 e. The van der Waals surface area contributed by atoms with Crippen molar-refractivity contribution in [3.8, 4) is 11.3 Å².